The first-order chi connectivity index (χ1) is 20.0. The van der Waals surface area contributed by atoms with E-state index in [-0.39, 0.29) is 4.90 Å². The summed E-state index contributed by atoms with van der Waals surface area (Å²) in [6, 6.07) is 17.6. The predicted octanol–water partition coefficient (Wildman–Crippen LogP) is 6.81. The van der Waals surface area contributed by atoms with Gasteiger partial charge >= 0.3 is 33.9 Å². The van der Waals surface area contributed by atoms with Crippen molar-refractivity contribution < 1.29 is 75.8 Å². The molecule has 3 aromatic carbocycles. The number of hydrogen-bond acceptors (Lipinski definition) is 5. The van der Waals surface area contributed by atoms with E-state index in [1.54, 1.807) is 60.7 Å². The van der Waals surface area contributed by atoms with Crippen molar-refractivity contribution in [3.63, 3.8) is 0 Å². The van der Waals surface area contributed by atoms with Crippen LogP contribution in [0.15, 0.2) is 93.5 Å². The van der Waals surface area contributed by atoms with Crippen LogP contribution in [-0.2, 0) is 21.0 Å². The normalized spacial score (nSPS) is 14.4. The van der Waals surface area contributed by atoms with Crippen LogP contribution < -0.4 is 9.47 Å². The zero-order valence-corrected chi connectivity index (χ0v) is 22.9. The van der Waals surface area contributed by atoms with E-state index in [4.69, 9.17) is 4.55 Å². The zero-order chi connectivity index (χ0) is 33.4. The van der Waals surface area contributed by atoms with Crippen molar-refractivity contribution in [3.05, 3.63) is 78.9 Å². The standard InChI is InChI=1S/C25H17F11O6S2/c26-22(27,28)20(23(29,30)44(38,39)40)42-18-12-11-17(13-19(18)41-14-21(37,24(31,32)33)25(34,35)36)43(15-7-3-1-4-8-15)16-9-5-2-6-10-16/h1-13,20,37H,14H2/p+1. The Labute approximate surface area is 244 Å². The minimum Gasteiger partial charge on any atom is -0.486 e. The molecule has 242 valence electrons. The Bertz CT molecular complexity index is 1470. The molecule has 0 saturated heterocycles. The molecule has 0 aliphatic carbocycles. The molecule has 44 heavy (non-hydrogen) atoms. The average Bonchev–Trinajstić information content (AvgIpc) is 2.89. The van der Waals surface area contributed by atoms with Crippen molar-refractivity contribution in [1.29, 1.82) is 0 Å². The van der Waals surface area contributed by atoms with Crippen molar-refractivity contribution in [3.8, 4) is 11.5 Å². The van der Waals surface area contributed by atoms with E-state index in [1.165, 1.54) is 0 Å². The molecule has 0 amide bonds. The van der Waals surface area contributed by atoms with Gasteiger partial charge in [0.2, 0.25) is 0 Å². The Morgan fingerprint density at radius 3 is 1.52 bits per heavy atom. The Morgan fingerprint density at radius 2 is 1.14 bits per heavy atom. The predicted molar refractivity (Wildman–Crippen MR) is 131 cm³/mol. The molecular formula is C25H18F11O6S2+. The largest absolute Gasteiger partial charge is 0.486 e. The minimum atomic E-state index is -6.84. The third-order valence-corrected chi connectivity index (χ3v) is 8.79. The molecule has 3 rings (SSSR count). The summed E-state index contributed by atoms with van der Waals surface area (Å²) in [6.07, 6.45) is -23.9. The number of aliphatic hydroxyl groups is 1. The van der Waals surface area contributed by atoms with Gasteiger partial charge in [0.15, 0.2) is 26.2 Å². The molecule has 0 spiro atoms. The molecule has 19 heteroatoms. The minimum absolute atomic E-state index is 0.0580. The van der Waals surface area contributed by atoms with Crippen LogP contribution in [0.5, 0.6) is 11.5 Å². The first-order valence-corrected chi connectivity index (χ1v) is 14.2. The number of hydrogen-bond donors (Lipinski definition) is 2. The van der Waals surface area contributed by atoms with Gasteiger partial charge in [0, 0.05) is 6.07 Å². The number of halogens is 11. The second kappa shape index (κ2) is 12.2. The first-order valence-electron chi connectivity index (χ1n) is 11.6. The van der Waals surface area contributed by atoms with Crippen molar-refractivity contribution in [2.45, 2.75) is 50.2 Å². The van der Waals surface area contributed by atoms with Crippen LogP contribution in [0.3, 0.4) is 0 Å². The van der Waals surface area contributed by atoms with Crippen molar-refractivity contribution in [2.24, 2.45) is 0 Å². The summed E-state index contributed by atoms with van der Waals surface area (Å²) >= 11 is 0. The van der Waals surface area contributed by atoms with Crippen LogP contribution in [0.1, 0.15) is 0 Å². The Balaban J connectivity index is 2.24. The topological polar surface area (TPSA) is 93.1 Å². The maximum atomic E-state index is 14.2. The van der Waals surface area contributed by atoms with Gasteiger partial charge in [-0.05, 0) is 36.4 Å². The lowest BCUT2D eigenvalue weighted by Gasteiger charge is -2.32. The molecule has 0 fully saturated rings. The summed E-state index contributed by atoms with van der Waals surface area (Å²) in [5, 5.41) is 3.38. The lowest BCUT2D eigenvalue weighted by Crippen LogP contribution is -2.60. The smallest absolute Gasteiger partial charge is 0.432 e. The Hall–Kier alpha value is -3.29. The molecule has 3 aromatic rings. The molecule has 1 unspecified atom stereocenters. The average molecular weight is 688 g/mol. The third kappa shape index (κ3) is 7.32. The number of benzene rings is 3. The molecule has 0 aliphatic rings. The highest BCUT2D eigenvalue weighted by atomic mass is 32.2. The molecule has 6 nitrogen and oxygen atoms in total. The highest BCUT2D eigenvalue weighted by Gasteiger charge is 2.71. The Morgan fingerprint density at radius 1 is 0.682 bits per heavy atom. The van der Waals surface area contributed by atoms with E-state index < -0.39 is 74.6 Å². The molecule has 0 bridgehead atoms. The van der Waals surface area contributed by atoms with Crippen LogP contribution in [0.4, 0.5) is 48.3 Å². The van der Waals surface area contributed by atoms with Gasteiger partial charge in [-0.25, -0.2) is 0 Å². The van der Waals surface area contributed by atoms with Gasteiger partial charge in [-0.3, -0.25) is 4.55 Å². The van der Waals surface area contributed by atoms with E-state index in [2.05, 4.69) is 9.47 Å². The molecule has 2 N–H and O–H groups in total. The number of ether oxygens (including phenoxy) is 2. The van der Waals surface area contributed by atoms with Crippen molar-refractivity contribution in [2.75, 3.05) is 6.61 Å². The van der Waals surface area contributed by atoms with Gasteiger partial charge in [-0.15, -0.1) is 0 Å². The molecular weight excluding hydrogens is 669 g/mol. The Kier molecular flexibility index (Phi) is 9.79. The van der Waals surface area contributed by atoms with Crippen LogP contribution >= 0.6 is 0 Å². The first kappa shape index (κ1) is 35.2. The van der Waals surface area contributed by atoms with E-state index in [1.807, 2.05) is 0 Å². The van der Waals surface area contributed by atoms with E-state index in [0.29, 0.717) is 21.9 Å². The molecule has 1 atom stereocenters. The van der Waals surface area contributed by atoms with E-state index in [9.17, 15) is 61.8 Å². The van der Waals surface area contributed by atoms with Crippen LogP contribution in [0.25, 0.3) is 0 Å². The highest BCUT2D eigenvalue weighted by molar-refractivity contribution is 7.97. The lowest BCUT2D eigenvalue weighted by molar-refractivity contribution is -0.373. The maximum Gasteiger partial charge on any atom is 0.432 e. The van der Waals surface area contributed by atoms with E-state index >= 15 is 0 Å². The summed E-state index contributed by atoms with van der Waals surface area (Å²) in [5.74, 6) is -3.05. The fourth-order valence-corrected chi connectivity index (χ4v) is 6.00. The number of alkyl halides is 11. The van der Waals surface area contributed by atoms with Crippen LogP contribution in [0.2, 0.25) is 0 Å². The zero-order valence-electron chi connectivity index (χ0n) is 21.3. The second-order valence-corrected chi connectivity index (χ2v) is 12.3. The van der Waals surface area contributed by atoms with Crippen LogP contribution in [-0.4, -0.2) is 60.2 Å². The second-order valence-electron chi connectivity index (χ2n) is 8.76. The third-order valence-electron chi connectivity index (χ3n) is 5.67. The number of rotatable bonds is 10. The summed E-state index contributed by atoms with van der Waals surface area (Å²) in [7, 11) is -8.14. The fraction of sp³-hybridized carbons (Fsp3) is 0.280. The van der Waals surface area contributed by atoms with E-state index in [0.717, 1.165) is 6.07 Å². The van der Waals surface area contributed by atoms with Gasteiger partial charge in [0.05, 0.1) is 10.9 Å². The SMILES string of the molecule is O=S(=O)(O)C(F)(F)C(Oc1ccc([S+](c2ccccc2)c2ccccc2)cc1OCC(O)(C(F)(F)F)C(F)(F)F)C(F)(F)F. The molecule has 0 aliphatic heterocycles. The summed E-state index contributed by atoms with van der Waals surface area (Å²) < 4.78 is 188. The summed E-state index contributed by atoms with van der Waals surface area (Å²) in [5.41, 5.74) is -5.60. The summed E-state index contributed by atoms with van der Waals surface area (Å²) in [6.45, 7) is -2.74. The molecule has 0 aromatic heterocycles. The quantitative estimate of drug-likeness (QED) is 0.138. The van der Waals surface area contributed by atoms with Gasteiger partial charge in [0.25, 0.3) is 11.7 Å². The van der Waals surface area contributed by atoms with Gasteiger partial charge in [0.1, 0.15) is 6.61 Å². The van der Waals surface area contributed by atoms with Gasteiger partial charge in [-0.1, -0.05) is 36.4 Å². The van der Waals surface area contributed by atoms with Gasteiger partial charge in [-0.2, -0.15) is 56.7 Å². The molecule has 0 heterocycles. The van der Waals surface area contributed by atoms with Gasteiger partial charge < -0.3 is 14.6 Å². The maximum absolute atomic E-state index is 14.2. The molecule has 0 saturated carbocycles. The van der Waals surface area contributed by atoms with Crippen molar-refractivity contribution in [1.82, 2.24) is 0 Å². The highest BCUT2D eigenvalue weighted by Crippen LogP contribution is 2.46. The monoisotopic (exact) mass is 687 g/mol. The summed E-state index contributed by atoms with van der Waals surface area (Å²) in [4.78, 5) is 0.871. The lowest BCUT2D eigenvalue weighted by atomic mass is 10.0. The van der Waals surface area contributed by atoms with Crippen LogP contribution in [0, 0.1) is 0 Å². The molecule has 0 radical (unpaired) electrons. The fourth-order valence-electron chi connectivity index (χ4n) is 3.44. The van der Waals surface area contributed by atoms with Crippen molar-refractivity contribution >= 4 is 21.0 Å².